The van der Waals surface area contributed by atoms with Crippen molar-refractivity contribution >= 4 is 17.5 Å². The van der Waals surface area contributed by atoms with Crippen molar-refractivity contribution in [3.05, 3.63) is 36.5 Å². The molecule has 0 amide bonds. The van der Waals surface area contributed by atoms with Gasteiger partial charge in [0.2, 0.25) is 5.95 Å². The maximum atomic E-state index is 14.7. The second kappa shape index (κ2) is 10.5. The van der Waals surface area contributed by atoms with Crippen molar-refractivity contribution in [3.8, 4) is 11.4 Å². The first-order chi connectivity index (χ1) is 17.8. The van der Waals surface area contributed by atoms with Crippen molar-refractivity contribution in [1.29, 1.82) is 0 Å². The Morgan fingerprint density at radius 3 is 2.97 bits per heavy atom. The number of hydrogen-bond donors (Lipinski definition) is 4. The number of fused-ring (bicyclic) bond motifs is 1. The summed E-state index contributed by atoms with van der Waals surface area (Å²) >= 11 is 0. The second-order valence-corrected chi connectivity index (χ2v) is 10.2. The number of ether oxygens (including phenoxy) is 1. The summed E-state index contributed by atoms with van der Waals surface area (Å²) in [5.74, 6) is 0.295. The predicted octanol–water partition coefficient (Wildman–Crippen LogP) is 1.88. The molecule has 5 rings (SSSR count). The number of anilines is 3. The lowest BCUT2D eigenvalue weighted by molar-refractivity contribution is 0.0500. The van der Waals surface area contributed by atoms with Crippen LogP contribution in [0.5, 0.6) is 5.75 Å². The average molecular weight is 514 g/mol. The standard InChI is InChI=1S/C24H32FN9O3/c1-24(2)10-16(8-17-4-3-7-33(17)24)28-22-19(25)11-26-23(30-22)29-15-5-6-21(37-13-18(36)12-35)20(9-15)34-14-27-31-32-34/h5-6,9,11,14,16-18,35-36H,3-4,7-8,10,12-13H2,1-2H3,(H2,26,28,29,30)/t16-,17-,18?/m1/s1. The van der Waals surface area contributed by atoms with Gasteiger partial charge in [-0.1, -0.05) is 0 Å². The third-order valence-electron chi connectivity index (χ3n) is 7.00. The molecule has 0 radical (unpaired) electrons. The summed E-state index contributed by atoms with van der Waals surface area (Å²) in [5.41, 5.74) is 1.13. The Balaban J connectivity index is 1.33. The molecule has 2 aromatic heterocycles. The highest BCUT2D eigenvalue weighted by molar-refractivity contribution is 5.62. The van der Waals surface area contributed by atoms with Gasteiger partial charge in [-0.3, -0.25) is 4.90 Å². The predicted molar refractivity (Wildman–Crippen MR) is 133 cm³/mol. The quantitative estimate of drug-likeness (QED) is 0.333. The molecule has 3 atom stereocenters. The van der Waals surface area contributed by atoms with E-state index in [2.05, 4.69) is 54.9 Å². The summed E-state index contributed by atoms with van der Waals surface area (Å²) in [4.78, 5) is 11.1. The molecule has 0 spiro atoms. The highest BCUT2D eigenvalue weighted by Gasteiger charge is 2.43. The average Bonchev–Trinajstić information content (AvgIpc) is 3.57. The summed E-state index contributed by atoms with van der Waals surface area (Å²) < 4.78 is 21.7. The third-order valence-corrected chi connectivity index (χ3v) is 7.00. The molecule has 1 aromatic carbocycles. The molecule has 2 aliphatic heterocycles. The van der Waals surface area contributed by atoms with Gasteiger partial charge in [0.25, 0.3) is 0 Å². The lowest BCUT2D eigenvalue weighted by atomic mass is 9.84. The summed E-state index contributed by atoms with van der Waals surface area (Å²) in [6.07, 6.45) is 5.77. The highest BCUT2D eigenvalue weighted by Crippen LogP contribution is 2.38. The molecule has 3 aromatic rings. The molecule has 0 saturated carbocycles. The van der Waals surface area contributed by atoms with Gasteiger partial charge in [0, 0.05) is 23.3 Å². The van der Waals surface area contributed by atoms with E-state index < -0.39 is 18.5 Å². The van der Waals surface area contributed by atoms with Gasteiger partial charge in [-0.05, 0) is 74.7 Å². The van der Waals surface area contributed by atoms with E-state index >= 15 is 0 Å². The number of hydrogen-bond acceptors (Lipinski definition) is 11. The lowest BCUT2D eigenvalue weighted by Gasteiger charge is -2.47. The fourth-order valence-electron chi connectivity index (χ4n) is 5.38. The Bertz CT molecular complexity index is 1210. The lowest BCUT2D eigenvalue weighted by Crippen LogP contribution is -2.55. The largest absolute Gasteiger partial charge is 0.489 e. The Morgan fingerprint density at radius 1 is 1.32 bits per heavy atom. The van der Waals surface area contributed by atoms with Gasteiger partial charge in [0.1, 0.15) is 30.5 Å². The first-order valence-electron chi connectivity index (χ1n) is 12.4. The minimum atomic E-state index is -1.02. The van der Waals surface area contributed by atoms with Gasteiger partial charge in [0.05, 0.1) is 12.8 Å². The zero-order valence-electron chi connectivity index (χ0n) is 20.9. The number of halogens is 1. The number of aliphatic hydroxyl groups is 2. The zero-order chi connectivity index (χ0) is 26.0. The fraction of sp³-hybridized carbons (Fsp3) is 0.542. The van der Waals surface area contributed by atoms with Crippen LogP contribution in [0.2, 0.25) is 0 Å². The van der Waals surface area contributed by atoms with Crippen LogP contribution >= 0.6 is 0 Å². The Hall–Kier alpha value is -3.42. The van der Waals surface area contributed by atoms with Gasteiger partial charge in [-0.25, -0.2) is 9.37 Å². The van der Waals surface area contributed by atoms with Crippen molar-refractivity contribution in [2.24, 2.45) is 0 Å². The van der Waals surface area contributed by atoms with Crippen molar-refractivity contribution in [1.82, 2.24) is 35.1 Å². The van der Waals surface area contributed by atoms with Crippen LogP contribution in [0, 0.1) is 5.82 Å². The van der Waals surface area contributed by atoms with Crippen LogP contribution in [0.3, 0.4) is 0 Å². The monoisotopic (exact) mass is 513 g/mol. The molecule has 2 aliphatic rings. The third kappa shape index (κ3) is 5.63. The van der Waals surface area contributed by atoms with Crippen molar-refractivity contribution in [2.45, 2.75) is 63.3 Å². The maximum absolute atomic E-state index is 14.7. The van der Waals surface area contributed by atoms with E-state index in [0.717, 1.165) is 25.6 Å². The highest BCUT2D eigenvalue weighted by atomic mass is 19.1. The first-order valence-corrected chi connectivity index (χ1v) is 12.4. The molecule has 2 fully saturated rings. The molecule has 0 aliphatic carbocycles. The number of nitrogens with one attached hydrogen (secondary N) is 2. The maximum Gasteiger partial charge on any atom is 0.229 e. The van der Waals surface area contributed by atoms with Crippen LogP contribution in [0.1, 0.15) is 39.5 Å². The van der Waals surface area contributed by atoms with Crippen molar-refractivity contribution in [2.75, 3.05) is 30.4 Å². The second-order valence-electron chi connectivity index (χ2n) is 10.2. The number of tetrazole rings is 1. The summed E-state index contributed by atoms with van der Waals surface area (Å²) in [5, 5.41) is 36.4. The Morgan fingerprint density at radius 2 is 2.19 bits per heavy atom. The van der Waals surface area contributed by atoms with Crippen molar-refractivity contribution < 1.29 is 19.3 Å². The minimum Gasteiger partial charge on any atom is -0.489 e. The van der Waals surface area contributed by atoms with E-state index in [9.17, 15) is 9.50 Å². The van der Waals surface area contributed by atoms with Crippen LogP contribution in [0.15, 0.2) is 30.7 Å². The van der Waals surface area contributed by atoms with E-state index in [4.69, 9.17) is 9.84 Å². The summed E-state index contributed by atoms with van der Waals surface area (Å²) in [6, 6.07) is 5.74. The molecule has 1 unspecified atom stereocenters. The number of nitrogens with zero attached hydrogens (tertiary/aromatic N) is 7. The van der Waals surface area contributed by atoms with Crippen LogP contribution in [0.25, 0.3) is 5.69 Å². The van der Waals surface area contributed by atoms with Gasteiger partial charge >= 0.3 is 0 Å². The van der Waals surface area contributed by atoms with E-state index in [0.29, 0.717) is 23.2 Å². The number of rotatable bonds is 9. The number of aromatic nitrogens is 6. The summed E-state index contributed by atoms with van der Waals surface area (Å²) in [6.45, 7) is 5.10. The number of piperidine rings is 1. The van der Waals surface area contributed by atoms with E-state index in [1.54, 1.807) is 18.2 Å². The van der Waals surface area contributed by atoms with Gasteiger partial charge in [-0.15, -0.1) is 5.10 Å². The van der Waals surface area contributed by atoms with Gasteiger partial charge in [0.15, 0.2) is 11.6 Å². The molecule has 0 bridgehead atoms. The Kier molecular flexibility index (Phi) is 7.17. The molecule has 2 saturated heterocycles. The molecule has 37 heavy (non-hydrogen) atoms. The zero-order valence-corrected chi connectivity index (χ0v) is 20.9. The van der Waals surface area contributed by atoms with Gasteiger partial charge in [-0.2, -0.15) is 9.67 Å². The molecular formula is C24H32FN9O3. The molecule has 4 heterocycles. The van der Waals surface area contributed by atoms with Gasteiger partial charge < -0.3 is 25.6 Å². The molecule has 198 valence electrons. The normalized spacial score (nSPS) is 21.9. The van der Waals surface area contributed by atoms with E-state index in [1.807, 2.05) is 0 Å². The molecular weight excluding hydrogens is 481 g/mol. The topological polar surface area (TPSA) is 146 Å². The van der Waals surface area contributed by atoms with Crippen LogP contribution in [-0.2, 0) is 0 Å². The molecule has 4 N–H and O–H groups in total. The smallest absolute Gasteiger partial charge is 0.229 e. The Labute approximate surface area is 213 Å². The van der Waals surface area contributed by atoms with Crippen LogP contribution < -0.4 is 15.4 Å². The SMILES string of the molecule is CC1(C)C[C@H](Nc2nc(Nc3ccc(OCC(O)CO)c(-n4cnnn4)c3)ncc2F)C[C@H]2CCCN21. The van der Waals surface area contributed by atoms with E-state index in [1.165, 1.54) is 23.9 Å². The molecule has 13 heteroatoms. The first kappa shape index (κ1) is 25.2. The number of aliphatic hydroxyl groups excluding tert-OH is 2. The van der Waals surface area contributed by atoms with Crippen molar-refractivity contribution in [3.63, 3.8) is 0 Å². The van der Waals surface area contributed by atoms with E-state index in [-0.39, 0.29) is 30.0 Å². The fourth-order valence-corrected chi connectivity index (χ4v) is 5.38. The molecule has 12 nitrogen and oxygen atoms in total. The summed E-state index contributed by atoms with van der Waals surface area (Å²) in [7, 11) is 0. The van der Waals surface area contributed by atoms with Crippen LogP contribution in [-0.4, -0.2) is 88.8 Å². The minimum absolute atomic E-state index is 0.0469. The van der Waals surface area contributed by atoms with Crippen LogP contribution in [0.4, 0.5) is 21.8 Å². The number of benzene rings is 1.